The van der Waals surface area contributed by atoms with Crippen LogP contribution in [-0.2, 0) is 20.8 Å². The molecule has 2 aliphatic heterocycles. The molecular formula is C21H33N5O3S. The maximum Gasteiger partial charge on any atom is 0.229 e. The fourth-order valence-corrected chi connectivity index (χ4v) is 5.04. The van der Waals surface area contributed by atoms with Gasteiger partial charge in [0.05, 0.1) is 5.92 Å². The second-order valence-electron chi connectivity index (χ2n) is 9.76. The van der Waals surface area contributed by atoms with E-state index in [0.717, 1.165) is 11.4 Å². The summed E-state index contributed by atoms with van der Waals surface area (Å²) in [5.74, 6) is 0.115. The van der Waals surface area contributed by atoms with Gasteiger partial charge in [0, 0.05) is 43.9 Å². The number of nitrogens with zero attached hydrogens (tertiary/aromatic N) is 4. The van der Waals surface area contributed by atoms with Crippen molar-refractivity contribution in [2.75, 3.05) is 25.0 Å². The van der Waals surface area contributed by atoms with Crippen LogP contribution < -0.4 is 5.32 Å². The minimum absolute atomic E-state index is 0.0383. The smallest absolute Gasteiger partial charge is 0.229 e. The lowest BCUT2D eigenvalue weighted by Crippen LogP contribution is -2.46. The molecule has 2 saturated heterocycles. The largest absolute Gasteiger partial charge is 0.342 e. The van der Waals surface area contributed by atoms with E-state index in [2.05, 4.69) is 29.4 Å². The van der Waals surface area contributed by atoms with Gasteiger partial charge in [0.25, 0.3) is 0 Å². The highest BCUT2D eigenvalue weighted by Crippen LogP contribution is 2.29. The van der Waals surface area contributed by atoms with E-state index in [1.807, 2.05) is 25.7 Å². The van der Waals surface area contributed by atoms with Crippen LogP contribution in [0.1, 0.15) is 58.9 Å². The van der Waals surface area contributed by atoms with Crippen molar-refractivity contribution in [1.82, 2.24) is 20.0 Å². The summed E-state index contributed by atoms with van der Waals surface area (Å²) in [5.41, 5.74) is -0.267. The summed E-state index contributed by atoms with van der Waals surface area (Å²) >= 11 is 1.42. The Morgan fingerprint density at radius 1 is 1.17 bits per heavy atom. The molecule has 3 amide bonds. The van der Waals surface area contributed by atoms with Crippen LogP contribution in [0.15, 0.2) is 0 Å². The molecule has 1 aromatic heterocycles. The lowest BCUT2D eigenvalue weighted by Gasteiger charge is -2.34. The third kappa shape index (κ3) is 5.36. The third-order valence-corrected chi connectivity index (χ3v) is 6.60. The van der Waals surface area contributed by atoms with Crippen molar-refractivity contribution in [1.29, 1.82) is 0 Å². The van der Waals surface area contributed by atoms with Gasteiger partial charge in [0.1, 0.15) is 5.01 Å². The molecule has 0 aromatic carbocycles. The van der Waals surface area contributed by atoms with Crippen LogP contribution in [0.4, 0.5) is 5.13 Å². The first-order valence-corrected chi connectivity index (χ1v) is 11.6. The number of amides is 3. The molecule has 0 aliphatic carbocycles. The van der Waals surface area contributed by atoms with Crippen LogP contribution in [-0.4, -0.2) is 62.9 Å². The van der Waals surface area contributed by atoms with Gasteiger partial charge in [-0.15, -0.1) is 10.2 Å². The molecular weight excluding hydrogens is 402 g/mol. The van der Waals surface area contributed by atoms with E-state index < -0.39 is 0 Å². The molecule has 0 bridgehead atoms. The Bertz CT molecular complexity index is 793. The maximum atomic E-state index is 12.9. The van der Waals surface area contributed by atoms with Gasteiger partial charge in [0.15, 0.2) is 0 Å². The summed E-state index contributed by atoms with van der Waals surface area (Å²) in [6.45, 7) is 11.8. The number of anilines is 1. The van der Waals surface area contributed by atoms with Crippen molar-refractivity contribution in [2.24, 2.45) is 17.8 Å². The number of carbonyl (C=O) groups is 3. The number of aromatic nitrogens is 2. The van der Waals surface area contributed by atoms with Gasteiger partial charge in [-0.2, -0.15) is 0 Å². The van der Waals surface area contributed by atoms with Crippen LogP contribution in [0.5, 0.6) is 0 Å². The van der Waals surface area contributed by atoms with Gasteiger partial charge in [-0.1, -0.05) is 25.2 Å². The van der Waals surface area contributed by atoms with E-state index in [9.17, 15) is 14.4 Å². The van der Waals surface area contributed by atoms with E-state index in [4.69, 9.17) is 0 Å². The molecule has 0 saturated carbocycles. The predicted molar refractivity (Wildman–Crippen MR) is 116 cm³/mol. The highest BCUT2D eigenvalue weighted by Gasteiger charge is 2.41. The fraction of sp³-hybridized carbons (Fsp3) is 0.762. The SMILES string of the molecule is CC(C)Cc1nnc(NC(=O)C2CCN(C(=O)C3CC(=O)N(C(C)(C)C)C3)CC2)s1. The van der Waals surface area contributed by atoms with Gasteiger partial charge < -0.3 is 15.1 Å². The van der Waals surface area contributed by atoms with Crippen molar-refractivity contribution in [3.05, 3.63) is 5.01 Å². The Kier molecular flexibility index (Phi) is 6.79. The molecule has 9 heteroatoms. The van der Waals surface area contributed by atoms with Gasteiger partial charge in [0.2, 0.25) is 22.9 Å². The van der Waals surface area contributed by atoms with Crippen molar-refractivity contribution in [3.8, 4) is 0 Å². The highest BCUT2D eigenvalue weighted by molar-refractivity contribution is 7.15. The number of carbonyl (C=O) groups excluding carboxylic acids is 3. The summed E-state index contributed by atoms with van der Waals surface area (Å²) in [5, 5.41) is 12.6. The number of piperidine rings is 1. The molecule has 2 fully saturated rings. The lowest BCUT2D eigenvalue weighted by atomic mass is 9.94. The monoisotopic (exact) mass is 435 g/mol. The maximum absolute atomic E-state index is 12.9. The van der Waals surface area contributed by atoms with Crippen LogP contribution in [0.3, 0.4) is 0 Å². The van der Waals surface area contributed by atoms with E-state index in [-0.39, 0.29) is 41.5 Å². The van der Waals surface area contributed by atoms with Crippen molar-refractivity contribution >= 4 is 34.2 Å². The van der Waals surface area contributed by atoms with Gasteiger partial charge in [-0.05, 0) is 39.5 Å². The van der Waals surface area contributed by atoms with Gasteiger partial charge in [-0.25, -0.2) is 0 Å². The van der Waals surface area contributed by atoms with Crippen molar-refractivity contribution in [3.63, 3.8) is 0 Å². The topological polar surface area (TPSA) is 95.5 Å². The second-order valence-corrected chi connectivity index (χ2v) is 10.8. The fourth-order valence-electron chi connectivity index (χ4n) is 4.08. The summed E-state index contributed by atoms with van der Waals surface area (Å²) in [4.78, 5) is 41.4. The van der Waals surface area contributed by atoms with E-state index in [1.165, 1.54) is 11.3 Å². The predicted octanol–water partition coefficient (Wildman–Crippen LogP) is 2.56. The number of hydrogen-bond donors (Lipinski definition) is 1. The molecule has 2 aliphatic rings. The molecule has 1 aromatic rings. The van der Waals surface area contributed by atoms with Crippen LogP contribution in [0, 0.1) is 17.8 Å². The molecule has 0 radical (unpaired) electrons. The summed E-state index contributed by atoms with van der Waals surface area (Å²) in [6.07, 6.45) is 2.38. The highest BCUT2D eigenvalue weighted by atomic mass is 32.1. The minimum Gasteiger partial charge on any atom is -0.342 e. The van der Waals surface area contributed by atoms with Crippen molar-refractivity contribution in [2.45, 2.75) is 65.8 Å². The Morgan fingerprint density at radius 3 is 2.40 bits per heavy atom. The molecule has 0 spiro atoms. The Hall–Kier alpha value is -2.03. The van der Waals surface area contributed by atoms with E-state index >= 15 is 0 Å². The molecule has 30 heavy (non-hydrogen) atoms. The van der Waals surface area contributed by atoms with E-state index in [0.29, 0.717) is 43.5 Å². The van der Waals surface area contributed by atoms with Crippen LogP contribution in [0.25, 0.3) is 0 Å². The molecule has 3 rings (SSSR count). The first-order chi connectivity index (χ1) is 14.0. The zero-order chi connectivity index (χ0) is 22.1. The Balaban J connectivity index is 1.48. The Morgan fingerprint density at radius 2 is 1.83 bits per heavy atom. The normalized spacial score (nSPS) is 20.9. The zero-order valence-electron chi connectivity index (χ0n) is 18.6. The minimum atomic E-state index is -0.275. The van der Waals surface area contributed by atoms with Crippen molar-refractivity contribution < 1.29 is 14.4 Å². The third-order valence-electron chi connectivity index (χ3n) is 5.74. The van der Waals surface area contributed by atoms with E-state index in [1.54, 1.807) is 4.90 Å². The summed E-state index contributed by atoms with van der Waals surface area (Å²) in [7, 11) is 0. The average Bonchev–Trinajstić information content (AvgIpc) is 3.26. The second kappa shape index (κ2) is 8.99. The van der Waals surface area contributed by atoms with Gasteiger partial charge >= 0.3 is 0 Å². The number of hydrogen-bond acceptors (Lipinski definition) is 6. The molecule has 166 valence electrons. The first-order valence-electron chi connectivity index (χ1n) is 10.8. The number of nitrogens with one attached hydrogen (secondary N) is 1. The standard InChI is InChI=1S/C21H33N5O3S/c1-13(2)10-16-23-24-20(30-16)22-18(28)14-6-8-25(9-7-14)19(29)15-11-17(27)26(12-15)21(3,4)5/h13-15H,6-12H2,1-5H3,(H,22,24,28). The average molecular weight is 436 g/mol. The molecule has 1 N–H and O–H groups in total. The summed E-state index contributed by atoms with van der Waals surface area (Å²) < 4.78 is 0. The van der Waals surface area contributed by atoms with Gasteiger partial charge in [-0.3, -0.25) is 14.4 Å². The lowest BCUT2D eigenvalue weighted by molar-refractivity contribution is -0.138. The number of likely N-dealkylation sites (tertiary alicyclic amines) is 2. The van der Waals surface area contributed by atoms with Crippen LogP contribution in [0.2, 0.25) is 0 Å². The Labute approximate surface area is 182 Å². The van der Waals surface area contributed by atoms with Crippen LogP contribution >= 0.6 is 11.3 Å². The first kappa shape index (κ1) is 22.7. The molecule has 1 unspecified atom stereocenters. The number of rotatable bonds is 5. The quantitative estimate of drug-likeness (QED) is 0.767. The molecule has 3 heterocycles. The zero-order valence-corrected chi connectivity index (χ0v) is 19.4. The summed E-state index contributed by atoms with van der Waals surface area (Å²) in [6, 6.07) is 0. The molecule has 8 nitrogen and oxygen atoms in total. The molecule has 1 atom stereocenters.